The molecule has 0 saturated heterocycles. The van der Waals surface area contributed by atoms with E-state index in [-0.39, 0.29) is 22.2 Å². The average Bonchev–Trinajstić information content (AvgIpc) is 1.66. The molecule has 0 spiro atoms. The van der Waals surface area contributed by atoms with Gasteiger partial charge in [-0.05, 0) is 151 Å². The van der Waals surface area contributed by atoms with Crippen molar-refractivity contribution in [2.75, 3.05) is 19.5 Å². The number of carbonyl (C=O) groups excluding carboxylic acids is 2. The van der Waals surface area contributed by atoms with Gasteiger partial charge in [-0.25, -0.2) is 9.78 Å². The molecule has 1 amide bonds. The quantitative estimate of drug-likeness (QED) is 0.0806. The van der Waals surface area contributed by atoms with E-state index in [4.69, 9.17) is 29.4 Å². The van der Waals surface area contributed by atoms with E-state index in [0.29, 0.717) is 29.0 Å². The topological polar surface area (TPSA) is 179 Å². The summed E-state index contributed by atoms with van der Waals surface area (Å²) in [5, 5.41) is 3.11. The Balaban J connectivity index is 0.775. The third kappa shape index (κ3) is 11.6. The highest BCUT2D eigenvalue weighted by Crippen LogP contribution is 2.40. The van der Waals surface area contributed by atoms with E-state index in [1.807, 2.05) is 97.1 Å². The van der Waals surface area contributed by atoms with Gasteiger partial charge < -0.3 is 34.7 Å². The highest BCUT2D eigenvalue weighted by molar-refractivity contribution is 6.05. The van der Waals surface area contributed by atoms with Crippen molar-refractivity contribution >= 4 is 73.8 Å². The second kappa shape index (κ2) is 22.7. The molecule has 0 fully saturated rings. The zero-order valence-corrected chi connectivity index (χ0v) is 51.9. The molecule has 0 aliphatic carbocycles. The zero-order valence-electron chi connectivity index (χ0n) is 51.9. The number of anilines is 1. The third-order valence-corrected chi connectivity index (χ3v) is 17.3. The Morgan fingerprint density at radius 1 is 0.495 bits per heavy atom. The molecule has 13 heteroatoms. The fourth-order valence-corrected chi connectivity index (χ4v) is 12.4. The van der Waals surface area contributed by atoms with Gasteiger partial charge in [0.15, 0.2) is 5.75 Å². The number of nitrogens with one attached hydrogen (secondary N) is 5. The summed E-state index contributed by atoms with van der Waals surface area (Å²) in [6.07, 6.45) is 6.14. The summed E-state index contributed by atoms with van der Waals surface area (Å²) >= 11 is 0. The summed E-state index contributed by atoms with van der Waals surface area (Å²) in [5.41, 5.74) is 21.8. The van der Waals surface area contributed by atoms with Gasteiger partial charge in [-0.3, -0.25) is 19.7 Å². The maximum Gasteiger partial charge on any atom is 0.337 e. The van der Waals surface area contributed by atoms with Crippen molar-refractivity contribution in [3.63, 3.8) is 0 Å². The van der Waals surface area contributed by atoms with Crippen molar-refractivity contribution in [1.82, 2.24) is 39.9 Å². The fourth-order valence-electron chi connectivity index (χ4n) is 12.4. The molecule has 446 valence electrons. The van der Waals surface area contributed by atoms with E-state index in [9.17, 15) is 9.59 Å². The number of benzene rings is 4. The van der Waals surface area contributed by atoms with E-state index in [2.05, 4.69) is 151 Å². The van der Waals surface area contributed by atoms with E-state index in [1.54, 1.807) is 31.4 Å². The first-order chi connectivity index (χ1) is 43.9. The molecular weight excluding hydrogens is 1130 g/mol. The Hall–Kier alpha value is -11.3. The number of nitrogens with zero attached hydrogens (tertiary/aromatic N) is 4. The van der Waals surface area contributed by atoms with Gasteiger partial charge in [0.1, 0.15) is 0 Å². The fraction of sp³-hybridized carbons (Fsp3) is 0.179. The molecule has 0 unspecified atom stereocenters. The van der Waals surface area contributed by atoms with E-state index >= 15 is 0 Å². The zero-order chi connectivity index (χ0) is 62.8. The molecule has 13 nitrogen and oxygen atoms in total. The minimum absolute atomic E-state index is 0.213. The van der Waals surface area contributed by atoms with Crippen molar-refractivity contribution in [3.05, 3.63) is 249 Å². The lowest BCUT2D eigenvalue weighted by molar-refractivity contribution is 0.0600. The van der Waals surface area contributed by atoms with Crippen LogP contribution in [0.5, 0.6) is 5.75 Å². The number of aromatic nitrogens is 8. The number of hydrogen-bond acceptors (Lipinski definition) is 8. The lowest BCUT2D eigenvalue weighted by atomic mass is 9.87. The second-order valence-electron chi connectivity index (χ2n) is 25.6. The van der Waals surface area contributed by atoms with Crippen LogP contribution in [-0.2, 0) is 40.2 Å². The predicted octanol–water partition coefficient (Wildman–Crippen LogP) is 15.9. The molecule has 0 saturated carbocycles. The van der Waals surface area contributed by atoms with Crippen LogP contribution in [-0.4, -0.2) is 66.0 Å². The van der Waals surface area contributed by atoms with Crippen LogP contribution in [0.15, 0.2) is 170 Å². The van der Waals surface area contributed by atoms with Crippen molar-refractivity contribution in [1.29, 1.82) is 0 Å². The van der Waals surface area contributed by atoms with Crippen molar-refractivity contribution in [2.45, 2.75) is 77.0 Å². The van der Waals surface area contributed by atoms with Crippen LogP contribution in [0.1, 0.15) is 130 Å². The number of amides is 1. The molecule has 4 aliphatic heterocycles. The first-order valence-corrected chi connectivity index (χ1v) is 30.4. The van der Waals surface area contributed by atoms with Crippen LogP contribution in [0.3, 0.4) is 0 Å². The Kier molecular flexibility index (Phi) is 14.3. The number of rotatable bonds is 6. The van der Waals surface area contributed by atoms with Crippen molar-refractivity contribution in [3.8, 4) is 51.7 Å². The maximum absolute atomic E-state index is 14.0. The first-order valence-electron chi connectivity index (χ1n) is 30.4. The van der Waals surface area contributed by atoms with Crippen LogP contribution in [0.2, 0.25) is 0 Å². The minimum Gasteiger partial charge on any atom is -0.493 e. The number of hydrogen-bond donors (Lipinski definition) is 5. The summed E-state index contributed by atoms with van der Waals surface area (Å²) in [7, 11) is 3.07. The Labute approximate surface area is 527 Å². The number of H-pyrrole nitrogens is 4. The van der Waals surface area contributed by atoms with E-state index in [1.165, 1.54) is 7.11 Å². The van der Waals surface area contributed by atoms with Crippen LogP contribution in [0.4, 0.5) is 5.69 Å². The van der Waals surface area contributed by atoms with Gasteiger partial charge in [0, 0.05) is 131 Å². The smallest absolute Gasteiger partial charge is 0.337 e. The Morgan fingerprint density at radius 3 is 1.78 bits per heavy atom. The van der Waals surface area contributed by atoms with Gasteiger partial charge >= 0.3 is 5.97 Å². The normalized spacial score (nSPS) is 14.2. The average molecular weight is 1190 g/mol. The molecule has 14 rings (SSSR count). The predicted molar refractivity (Wildman–Crippen MR) is 363 cm³/mol. The van der Waals surface area contributed by atoms with Crippen LogP contribution in [0.25, 0.3) is 78.5 Å². The molecule has 10 aromatic rings. The largest absolute Gasteiger partial charge is 0.493 e. The molecule has 6 aromatic heterocycles. The van der Waals surface area contributed by atoms with Gasteiger partial charge in [-0.2, -0.15) is 0 Å². The maximum atomic E-state index is 14.0. The molecular formula is C78H65N9O4. The van der Waals surface area contributed by atoms with Crippen LogP contribution < -0.4 is 10.1 Å². The molecule has 4 aliphatic rings. The molecule has 16 bridgehead atoms. The van der Waals surface area contributed by atoms with E-state index < -0.39 is 5.97 Å². The van der Waals surface area contributed by atoms with Gasteiger partial charge in [0.2, 0.25) is 0 Å². The highest BCUT2D eigenvalue weighted by atomic mass is 16.5. The molecule has 91 heavy (non-hydrogen) atoms. The van der Waals surface area contributed by atoms with Gasteiger partial charge in [-0.1, -0.05) is 108 Å². The van der Waals surface area contributed by atoms with E-state index in [0.717, 1.165) is 147 Å². The lowest BCUT2D eigenvalue weighted by Gasteiger charge is -2.16. The molecule has 0 radical (unpaired) electrons. The van der Waals surface area contributed by atoms with Crippen molar-refractivity contribution < 1.29 is 19.1 Å². The number of carbonyl (C=O) groups is 2. The molecule has 10 heterocycles. The third-order valence-electron chi connectivity index (χ3n) is 17.3. The number of fused-ring (bicyclic) bond motifs is 16. The van der Waals surface area contributed by atoms with Gasteiger partial charge in [-0.15, -0.1) is 0 Å². The SMILES string of the molecule is COC(=O)c1ccc(-c2c3nc(cc4ccc(cc5nc(cc6[nH]c2cc6-c2ccc(NC(=O)c6ccc(C#Cc7cc8cc9nc(c(OC)c%10[nH]c(cc%11nc(cc7[nH]8)CC%11(C)C)cc%10C#Cc7ccccc7)CC9(C)C)cc6)cc2)CC5(C)C)[nH]4)C=C3)cc1. The second-order valence-corrected chi connectivity index (χ2v) is 25.6. The number of esters is 1. The summed E-state index contributed by atoms with van der Waals surface area (Å²) in [6, 6.07) is 55.6. The summed E-state index contributed by atoms with van der Waals surface area (Å²) in [4.78, 5) is 61.9. The van der Waals surface area contributed by atoms with Crippen LogP contribution >= 0.6 is 0 Å². The van der Waals surface area contributed by atoms with Crippen molar-refractivity contribution in [2.24, 2.45) is 0 Å². The number of methoxy groups -OCH3 is 2. The van der Waals surface area contributed by atoms with Gasteiger partial charge in [0.25, 0.3) is 5.91 Å². The summed E-state index contributed by atoms with van der Waals surface area (Å²) < 4.78 is 11.2. The Bertz CT molecular complexity index is 5150. The number of aromatic amines is 4. The highest BCUT2D eigenvalue weighted by Gasteiger charge is 2.33. The summed E-state index contributed by atoms with van der Waals surface area (Å²) in [5.74, 6) is 13.6. The minimum atomic E-state index is -0.411. The Morgan fingerprint density at radius 2 is 1.09 bits per heavy atom. The first kappa shape index (κ1) is 57.5. The van der Waals surface area contributed by atoms with Crippen LogP contribution in [0, 0.1) is 23.7 Å². The molecule has 5 N–H and O–H groups in total. The number of ether oxygens (including phenoxy) is 2. The van der Waals surface area contributed by atoms with Gasteiger partial charge in [0.05, 0.1) is 59.0 Å². The standard InChI is InChI=1S/C78H65N9O4/c1-76(2)44-61-38-65-62(42-66(86-65)71(49-22-24-51(25-23-49)75(89)91-8)63-33-32-56(80-63)36-55-30-31-57(79-55)39-68(76)83-61)48-26-28-54(29-27-48)85-74(88)50-18-14-47(15-19-50)16-20-52-34-58-40-70-78(5,6)45-67(87-70)73(90-7)72-53(21-17-46-12-10-9-11-13-46)35-59(84-72)41-69-77(3,4)43-60(82-69)37-64(52)81-58/h9-15,18-19,22-42,79,81,84,86H,43-45H2,1-8H3,(H,85,88). The molecule has 0 atom stereocenters. The monoisotopic (exact) mass is 1190 g/mol. The lowest BCUT2D eigenvalue weighted by Crippen LogP contribution is -2.15. The molecule has 4 aromatic carbocycles. The summed E-state index contributed by atoms with van der Waals surface area (Å²) in [6.45, 7) is 13.3.